The number of nitrogens with zero attached hydrogens (tertiary/aromatic N) is 2. The van der Waals surface area contributed by atoms with E-state index in [2.05, 4.69) is 20.5 Å². The number of hydrogen-bond acceptors (Lipinski definition) is 4. The Kier molecular flexibility index (Phi) is 4.52. The summed E-state index contributed by atoms with van der Waals surface area (Å²) in [6, 6.07) is 5.74. The highest BCUT2D eigenvalue weighted by molar-refractivity contribution is 7.17. The molecule has 128 valence electrons. The van der Waals surface area contributed by atoms with Crippen LogP contribution < -0.4 is 5.32 Å². The van der Waals surface area contributed by atoms with Crippen LogP contribution >= 0.6 is 11.3 Å². The molecule has 4 nitrogen and oxygen atoms in total. The van der Waals surface area contributed by atoms with Gasteiger partial charge in [0.25, 0.3) is 0 Å². The Labute approximate surface area is 145 Å². The number of carbonyl (C=O) groups excluding carboxylic acids is 1. The first-order valence-corrected chi connectivity index (χ1v) is 9.45. The number of piperazine rings is 1. The number of rotatable bonds is 5. The fourth-order valence-electron chi connectivity index (χ4n) is 3.25. The average Bonchev–Trinajstić information content (AvgIpc) is 3.28. The van der Waals surface area contributed by atoms with Crippen LogP contribution in [0.5, 0.6) is 0 Å². The standard InChI is InChI=1S/C18H22FN3OS/c19-16-3-1-2-15-13(12-24-18(15)16)10-21-6-8-22(9-7-21)11-17(23)20-14-4-5-14/h1-3,12,14H,4-11H2,(H,20,23). The molecule has 1 N–H and O–H groups in total. The van der Waals surface area contributed by atoms with Crippen LogP contribution in [0.15, 0.2) is 23.6 Å². The zero-order chi connectivity index (χ0) is 16.5. The van der Waals surface area contributed by atoms with Crippen molar-refractivity contribution >= 4 is 27.3 Å². The molecule has 0 bridgehead atoms. The van der Waals surface area contributed by atoms with E-state index in [9.17, 15) is 9.18 Å². The van der Waals surface area contributed by atoms with Gasteiger partial charge in [-0.25, -0.2) is 4.39 Å². The Bertz CT molecular complexity index is 735. The number of fused-ring (bicyclic) bond motifs is 1. The Hall–Kier alpha value is -1.50. The van der Waals surface area contributed by atoms with Crippen LogP contribution in [0.1, 0.15) is 18.4 Å². The van der Waals surface area contributed by atoms with Crippen LogP contribution in [0, 0.1) is 5.82 Å². The molecule has 0 atom stereocenters. The van der Waals surface area contributed by atoms with Gasteiger partial charge in [0.15, 0.2) is 0 Å². The monoisotopic (exact) mass is 347 g/mol. The molecule has 1 aliphatic carbocycles. The summed E-state index contributed by atoms with van der Waals surface area (Å²) in [5.74, 6) is 0.0282. The van der Waals surface area contributed by atoms with E-state index in [1.54, 1.807) is 6.07 Å². The topological polar surface area (TPSA) is 35.6 Å². The molecule has 2 aromatic rings. The van der Waals surface area contributed by atoms with Crippen molar-refractivity contribution in [3.63, 3.8) is 0 Å². The van der Waals surface area contributed by atoms with E-state index in [4.69, 9.17) is 0 Å². The van der Waals surface area contributed by atoms with Gasteiger partial charge in [-0.2, -0.15) is 0 Å². The summed E-state index contributed by atoms with van der Waals surface area (Å²) in [5, 5.41) is 6.15. The molecule has 1 aromatic carbocycles. The summed E-state index contributed by atoms with van der Waals surface area (Å²) in [4.78, 5) is 16.5. The smallest absolute Gasteiger partial charge is 0.234 e. The number of benzene rings is 1. The van der Waals surface area contributed by atoms with Crippen molar-refractivity contribution in [3.05, 3.63) is 35.0 Å². The largest absolute Gasteiger partial charge is 0.352 e. The fourth-order valence-corrected chi connectivity index (χ4v) is 4.22. The average molecular weight is 347 g/mol. The highest BCUT2D eigenvalue weighted by Gasteiger charge is 2.25. The zero-order valence-electron chi connectivity index (χ0n) is 13.6. The van der Waals surface area contributed by atoms with Crippen LogP contribution in [0.3, 0.4) is 0 Å². The van der Waals surface area contributed by atoms with E-state index in [1.807, 2.05) is 6.07 Å². The molecule has 2 heterocycles. The lowest BCUT2D eigenvalue weighted by molar-refractivity contribution is -0.122. The van der Waals surface area contributed by atoms with Gasteiger partial charge < -0.3 is 5.32 Å². The number of amides is 1. The minimum Gasteiger partial charge on any atom is -0.352 e. The number of halogens is 1. The first-order chi connectivity index (χ1) is 11.7. The van der Waals surface area contributed by atoms with Gasteiger partial charge >= 0.3 is 0 Å². The zero-order valence-corrected chi connectivity index (χ0v) is 14.4. The van der Waals surface area contributed by atoms with Gasteiger partial charge in [-0.15, -0.1) is 11.3 Å². The van der Waals surface area contributed by atoms with E-state index in [1.165, 1.54) is 23.0 Å². The first kappa shape index (κ1) is 16.0. The molecular weight excluding hydrogens is 325 g/mol. The lowest BCUT2D eigenvalue weighted by Gasteiger charge is -2.34. The third-order valence-corrected chi connectivity index (χ3v) is 5.85. The maximum absolute atomic E-state index is 13.8. The van der Waals surface area contributed by atoms with E-state index in [-0.39, 0.29) is 11.7 Å². The van der Waals surface area contributed by atoms with Gasteiger partial charge in [0.05, 0.1) is 11.2 Å². The predicted octanol–water partition coefficient (Wildman–Crippen LogP) is 2.44. The summed E-state index contributed by atoms with van der Waals surface area (Å²) in [6.45, 7) is 5.08. The maximum Gasteiger partial charge on any atom is 0.234 e. The van der Waals surface area contributed by atoms with Gasteiger partial charge in [0, 0.05) is 38.8 Å². The molecule has 2 aliphatic rings. The van der Waals surface area contributed by atoms with E-state index < -0.39 is 0 Å². The second-order valence-corrected chi connectivity index (χ2v) is 7.65. The van der Waals surface area contributed by atoms with Gasteiger partial charge in [0.1, 0.15) is 5.82 Å². The molecule has 1 aliphatic heterocycles. The van der Waals surface area contributed by atoms with Crippen LogP contribution in [-0.4, -0.2) is 54.5 Å². The first-order valence-electron chi connectivity index (χ1n) is 8.58. The molecule has 4 rings (SSSR count). The second kappa shape index (κ2) is 6.78. The number of hydrogen-bond donors (Lipinski definition) is 1. The van der Waals surface area contributed by atoms with Gasteiger partial charge in [-0.3, -0.25) is 14.6 Å². The molecule has 1 amide bonds. The molecule has 0 radical (unpaired) electrons. The third-order valence-electron chi connectivity index (χ3n) is 4.80. The summed E-state index contributed by atoms with van der Waals surface area (Å²) in [7, 11) is 0. The molecule has 24 heavy (non-hydrogen) atoms. The lowest BCUT2D eigenvalue weighted by atomic mass is 10.1. The van der Waals surface area contributed by atoms with Crippen molar-refractivity contribution in [2.45, 2.75) is 25.4 Å². The molecule has 1 saturated carbocycles. The number of carbonyl (C=O) groups is 1. The van der Waals surface area contributed by atoms with Crippen LogP contribution in [-0.2, 0) is 11.3 Å². The summed E-state index contributed by atoms with van der Waals surface area (Å²) < 4.78 is 14.6. The highest BCUT2D eigenvalue weighted by atomic mass is 32.1. The van der Waals surface area contributed by atoms with E-state index >= 15 is 0 Å². The highest BCUT2D eigenvalue weighted by Crippen LogP contribution is 2.29. The van der Waals surface area contributed by atoms with Crippen molar-refractivity contribution in [1.82, 2.24) is 15.1 Å². The summed E-state index contributed by atoms with van der Waals surface area (Å²) in [6.07, 6.45) is 2.27. The van der Waals surface area contributed by atoms with E-state index in [0.717, 1.165) is 55.7 Å². The summed E-state index contributed by atoms with van der Waals surface area (Å²) in [5.41, 5.74) is 1.20. The fraction of sp³-hybridized carbons (Fsp3) is 0.500. The second-order valence-electron chi connectivity index (χ2n) is 6.77. The van der Waals surface area contributed by atoms with Crippen LogP contribution in [0.2, 0.25) is 0 Å². The van der Waals surface area contributed by atoms with Crippen molar-refractivity contribution < 1.29 is 9.18 Å². The molecule has 1 saturated heterocycles. The van der Waals surface area contributed by atoms with Gasteiger partial charge in [0.2, 0.25) is 5.91 Å². The van der Waals surface area contributed by atoms with Gasteiger partial charge in [-0.1, -0.05) is 12.1 Å². The molecular formula is C18H22FN3OS. The van der Waals surface area contributed by atoms with E-state index in [0.29, 0.717) is 12.6 Å². The lowest BCUT2D eigenvalue weighted by Crippen LogP contribution is -2.49. The van der Waals surface area contributed by atoms with Crippen molar-refractivity contribution in [2.24, 2.45) is 0 Å². The normalized spacial score (nSPS) is 19.7. The summed E-state index contributed by atoms with van der Waals surface area (Å²) >= 11 is 1.48. The minimum absolute atomic E-state index is 0.129. The Morgan fingerprint density at radius 2 is 1.96 bits per heavy atom. The number of nitrogens with one attached hydrogen (secondary N) is 1. The van der Waals surface area contributed by atoms with Gasteiger partial charge in [-0.05, 0) is 35.2 Å². The Morgan fingerprint density at radius 1 is 1.21 bits per heavy atom. The SMILES string of the molecule is O=C(CN1CCN(Cc2csc3c(F)cccc23)CC1)NC1CC1. The minimum atomic E-state index is -0.129. The van der Waals surface area contributed by atoms with Crippen molar-refractivity contribution in [1.29, 1.82) is 0 Å². The molecule has 0 spiro atoms. The predicted molar refractivity (Wildman–Crippen MR) is 94.7 cm³/mol. The van der Waals surface area contributed by atoms with Crippen LogP contribution in [0.25, 0.3) is 10.1 Å². The Morgan fingerprint density at radius 3 is 2.71 bits per heavy atom. The molecule has 2 fully saturated rings. The molecule has 0 unspecified atom stereocenters. The van der Waals surface area contributed by atoms with Crippen LogP contribution in [0.4, 0.5) is 4.39 Å². The van der Waals surface area contributed by atoms with Crippen molar-refractivity contribution in [3.8, 4) is 0 Å². The quantitative estimate of drug-likeness (QED) is 0.902. The number of thiophene rings is 1. The Balaban J connectivity index is 1.31. The molecule has 1 aromatic heterocycles. The van der Waals surface area contributed by atoms with Crippen molar-refractivity contribution in [2.75, 3.05) is 32.7 Å². The molecule has 6 heteroatoms. The third kappa shape index (κ3) is 3.61. The maximum atomic E-state index is 13.8.